The normalized spacial score (nSPS) is 22.5. The Kier molecular flexibility index (Phi) is 3.22. The Morgan fingerprint density at radius 1 is 1.42 bits per heavy atom. The van der Waals surface area contributed by atoms with Crippen LogP contribution in [0.4, 0.5) is 5.69 Å². The van der Waals surface area contributed by atoms with Gasteiger partial charge in [0.25, 0.3) is 5.91 Å². The summed E-state index contributed by atoms with van der Waals surface area (Å²) in [7, 11) is 0. The number of hydrogen-bond acceptors (Lipinski definition) is 3. The summed E-state index contributed by atoms with van der Waals surface area (Å²) in [4.78, 5) is 25.4. The highest BCUT2D eigenvalue weighted by Crippen LogP contribution is 2.31. The van der Waals surface area contributed by atoms with Crippen LogP contribution in [-0.4, -0.2) is 34.0 Å². The summed E-state index contributed by atoms with van der Waals surface area (Å²) >= 11 is 0. The minimum absolute atomic E-state index is 0.257. The molecular weight excluding hydrogens is 244 g/mol. The number of amides is 1. The van der Waals surface area contributed by atoms with Gasteiger partial charge >= 0.3 is 5.97 Å². The fraction of sp³-hybridized carbons (Fsp3) is 0.429. The van der Waals surface area contributed by atoms with Crippen molar-refractivity contribution in [2.24, 2.45) is 0 Å². The number of nitrogens with two attached hydrogens (primary N) is 1. The van der Waals surface area contributed by atoms with Crippen molar-refractivity contribution in [2.75, 3.05) is 12.3 Å². The van der Waals surface area contributed by atoms with E-state index >= 15 is 0 Å². The SMILES string of the molecule is Cc1c(N)cccc1C(=O)N1CCCC1(C)C(=O)O. The minimum Gasteiger partial charge on any atom is -0.480 e. The molecule has 0 radical (unpaired) electrons. The highest BCUT2D eigenvalue weighted by atomic mass is 16.4. The van der Waals surface area contributed by atoms with Crippen LogP contribution in [0.1, 0.15) is 35.7 Å². The third-order valence-corrected chi connectivity index (χ3v) is 3.95. The van der Waals surface area contributed by atoms with Crippen molar-refractivity contribution < 1.29 is 14.7 Å². The fourth-order valence-electron chi connectivity index (χ4n) is 2.54. The van der Waals surface area contributed by atoms with Crippen LogP contribution >= 0.6 is 0 Å². The van der Waals surface area contributed by atoms with E-state index in [1.807, 2.05) is 0 Å². The van der Waals surface area contributed by atoms with Gasteiger partial charge in [0.15, 0.2) is 0 Å². The summed E-state index contributed by atoms with van der Waals surface area (Å²) in [6.45, 7) is 3.84. The Morgan fingerprint density at radius 2 is 2.11 bits per heavy atom. The molecular formula is C14H18N2O3. The number of carbonyl (C=O) groups is 2. The number of benzene rings is 1. The van der Waals surface area contributed by atoms with Crippen molar-refractivity contribution in [1.82, 2.24) is 4.90 Å². The van der Waals surface area contributed by atoms with Crippen molar-refractivity contribution in [3.8, 4) is 0 Å². The van der Waals surface area contributed by atoms with E-state index in [0.717, 1.165) is 0 Å². The van der Waals surface area contributed by atoms with Crippen LogP contribution < -0.4 is 5.73 Å². The van der Waals surface area contributed by atoms with Gasteiger partial charge < -0.3 is 15.7 Å². The molecule has 3 N–H and O–H groups in total. The second-order valence-corrected chi connectivity index (χ2v) is 5.16. The van der Waals surface area contributed by atoms with Crippen LogP contribution in [0.3, 0.4) is 0 Å². The van der Waals surface area contributed by atoms with Crippen LogP contribution in [-0.2, 0) is 4.79 Å². The van der Waals surface area contributed by atoms with E-state index in [2.05, 4.69) is 0 Å². The largest absolute Gasteiger partial charge is 0.480 e. The number of nitrogen functional groups attached to an aromatic ring is 1. The lowest BCUT2D eigenvalue weighted by Crippen LogP contribution is -2.50. The van der Waals surface area contributed by atoms with Crippen molar-refractivity contribution in [3.63, 3.8) is 0 Å². The molecule has 5 nitrogen and oxygen atoms in total. The maximum absolute atomic E-state index is 12.5. The van der Waals surface area contributed by atoms with E-state index in [1.54, 1.807) is 32.0 Å². The van der Waals surface area contributed by atoms with E-state index < -0.39 is 11.5 Å². The number of nitrogens with zero attached hydrogens (tertiary/aromatic N) is 1. The fourth-order valence-corrected chi connectivity index (χ4v) is 2.54. The molecule has 1 atom stereocenters. The molecule has 0 bridgehead atoms. The molecule has 1 saturated heterocycles. The van der Waals surface area contributed by atoms with E-state index in [-0.39, 0.29) is 5.91 Å². The Morgan fingerprint density at radius 3 is 2.74 bits per heavy atom. The molecule has 1 aromatic rings. The summed E-state index contributed by atoms with van der Waals surface area (Å²) in [5, 5.41) is 9.34. The van der Waals surface area contributed by atoms with Crippen LogP contribution in [0.2, 0.25) is 0 Å². The molecule has 1 fully saturated rings. The number of rotatable bonds is 2. The van der Waals surface area contributed by atoms with Gasteiger partial charge in [0.2, 0.25) is 0 Å². The topological polar surface area (TPSA) is 83.6 Å². The van der Waals surface area contributed by atoms with E-state index in [9.17, 15) is 14.7 Å². The van der Waals surface area contributed by atoms with E-state index in [4.69, 9.17) is 5.73 Å². The summed E-state index contributed by atoms with van der Waals surface area (Å²) in [6.07, 6.45) is 1.19. The molecule has 1 amide bonds. The zero-order chi connectivity index (χ0) is 14.2. The summed E-state index contributed by atoms with van der Waals surface area (Å²) in [5.41, 5.74) is 6.41. The molecule has 0 saturated carbocycles. The standard InChI is InChI=1S/C14H18N2O3/c1-9-10(5-3-6-11(9)15)12(17)16-8-4-7-14(16,2)13(18)19/h3,5-6H,4,7-8,15H2,1-2H3,(H,18,19). The zero-order valence-electron chi connectivity index (χ0n) is 11.1. The number of carboxylic acids is 1. The Balaban J connectivity index is 2.39. The summed E-state index contributed by atoms with van der Waals surface area (Å²) in [6, 6.07) is 5.13. The van der Waals surface area contributed by atoms with E-state index in [0.29, 0.717) is 36.2 Å². The first-order valence-electron chi connectivity index (χ1n) is 6.28. The molecule has 1 aliphatic heterocycles. The van der Waals surface area contributed by atoms with Gasteiger partial charge in [-0.25, -0.2) is 4.79 Å². The van der Waals surface area contributed by atoms with Gasteiger partial charge in [-0.1, -0.05) is 6.07 Å². The van der Waals surface area contributed by atoms with Gasteiger partial charge in [-0.3, -0.25) is 4.79 Å². The van der Waals surface area contributed by atoms with Gasteiger partial charge in [-0.2, -0.15) is 0 Å². The first-order chi connectivity index (χ1) is 8.88. The molecule has 0 aromatic heterocycles. The second-order valence-electron chi connectivity index (χ2n) is 5.16. The molecule has 1 unspecified atom stereocenters. The summed E-state index contributed by atoms with van der Waals surface area (Å²) in [5.74, 6) is -1.22. The van der Waals surface area contributed by atoms with Gasteiger partial charge in [-0.15, -0.1) is 0 Å². The molecule has 0 spiro atoms. The Bertz CT molecular complexity index is 541. The average molecular weight is 262 g/mol. The molecule has 1 aromatic carbocycles. The zero-order valence-corrected chi connectivity index (χ0v) is 11.1. The highest BCUT2D eigenvalue weighted by molar-refractivity contribution is 6.00. The maximum Gasteiger partial charge on any atom is 0.329 e. The number of anilines is 1. The third kappa shape index (κ3) is 2.05. The van der Waals surface area contributed by atoms with Crippen LogP contribution in [0, 0.1) is 6.92 Å². The highest BCUT2D eigenvalue weighted by Gasteiger charge is 2.46. The minimum atomic E-state index is -1.12. The molecule has 5 heteroatoms. The molecule has 1 heterocycles. The first kappa shape index (κ1) is 13.4. The Labute approximate surface area is 112 Å². The first-order valence-corrected chi connectivity index (χ1v) is 6.28. The average Bonchev–Trinajstić information content (AvgIpc) is 2.75. The van der Waals surface area contributed by atoms with Crippen LogP contribution in [0.25, 0.3) is 0 Å². The number of likely N-dealkylation sites (tertiary alicyclic amines) is 1. The number of aliphatic carboxylic acids is 1. The third-order valence-electron chi connectivity index (χ3n) is 3.95. The van der Waals surface area contributed by atoms with Gasteiger partial charge in [0.1, 0.15) is 5.54 Å². The predicted octanol–water partition coefficient (Wildman–Crippen LogP) is 1.66. The second kappa shape index (κ2) is 4.57. The lowest BCUT2D eigenvalue weighted by atomic mass is 9.97. The number of carbonyl (C=O) groups excluding carboxylic acids is 1. The smallest absolute Gasteiger partial charge is 0.329 e. The molecule has 0 aliphatic carbocycles. The van der Waals surface area contributed by atoms with Gasteiger partial charge in [0, 0.05) is 17.8 Å². The number of hydrogen-bond donors (Lipinski definition) is 2. The Hall–Kier alpha value is -2.04. The van der Waals surface area contributed by atoms with Crippen LogP contribution in [0.15, 0.2) is 18.2 Å². The molecule has 1 aliphatic rings. The quantitative estimate of drug-likeness (QED) is 0.794. The van der Waals surface area contributed by atoms with Gasteiger partial charge in [-0.05, 0) is 44.4 Å². The lowest BCUT2D eigenvalue weighted by molar-refractivity contribution is -0.147. The summed E-state index contributed by atoms with van der Waals surface area (Å²) < 4.78 is 0. The van der Waals surface area contributed by atoms with Gasteiger partial charge in [0.05, 0.1) is 0 Å². The lowest BCUT2D eigenvalue weighted by Gasteiger charge is -2.31. The predicted molar refractivity (Wildman–Crippen MR) is 71.9 cm³/mol. The van der Waals surface area contributed by atoms with Crippen LogP contribution in [0.5, 0.6) is 0 Å². The molecule has 102 valence electrons. The van der Waals surface area contributed by atoms with Crippen molar-refractivity contribution >= 4 is 17.6 Å². The number of carboxylic acid groups (broad SMARTS) is 1. The molecule has 19 heavy (non-hydrogen) atoms. The monoisotopic (exact) mass is 262 g/mol. The van der Waals surface area contributed by atoms with E-state index in [1.165, 1.54) is 4.90 Å². The molecule has 2 rings (SSSR count). The maximum atomic E-state index is 12.5. The van der Waals surface area contributed by atoms with Crippen molar-refractivity contribution in [3.05, 3.63) is 29.3 Å². The van der Waals surface area contributed by atoms with Crippen molar-refractivity contribution in [1.29, 1.82) is 0 Å². The van der Waals surface area contributed by atoms with Crippen molar-refractivity contribution in [2.45, 2.75) is 32.2 Å².